The van der Waals surface area contributed by atoms with E-state index in [1.807, 2.05) is 0 Å². The van der Waals surface area contributed by atoms with Crippen molar-refractivity contribution in [2.24, 2.45) is 11.7 Å². The van der Waals surface area contributed by atoms with E-state index in [2.05, 4.69) is 10.2 Å². The first-order valence-electron chi connectivity index (χ1n) is 7.00. The quantitative estimate of drug-likeness (QED) is 0.656. The van der Waals surface area contributed by atoms with E-state index in [1.54, 1.807) is 0 Å². The molecule has 0 atom stereocenters. The number of carbonyl (C=O) groups excluding carboxylic acids is 1. The maximum Gasteiger partial charge on any atom is 0.234 e. The molecule has 0 bridgehead atoms. The molecule has 0 aromatic rings. The Kier molecular flexibility index (Phi) is 4.80. The van der Waals surface area contributed by atoms with Gasteiger partial charge in [-0.2, -0.15) is 0 Å². The van der Waals surface area contributed by atoms with Gasteiger partial charge in [0.1, 0.15) is 0 Å². The molecule has 4 nitrogen and oxygen atoms in total. The molecule has 0 saturated heterocycles. The summed E-state index contributed by atoms with van der Waals surface area (Å²) in [5.74, 6) is 0.959. The lowest BCUT2D eigenvalue weighted by atomic mass is 9.91. The molecule has 0 aliphatic heterocycles. The molecule has 0 spiro atoms. The summed E-state index contributed by atoms with van der Waals surface area (Å²) in [4.78, 5) is 14.1. The van der Waals surface area contributed by atoms with E-state index in [4.69, 9.17) is 5.73 Å². The number of amides is 1. The highest BCUT2D eigenvalue weighted by Crippen LogP contribution is 2.27. The van der Waals surface area contributed by atoms with Crippen molar-refractivity contribution < 1.29 is 4.79 Å². The summed E-state index contributed by atoms with van der Waals surface area (Å²) in [6.45, 7) is 3.14. The first kappa shape index (κ1) is 12.8. The Bertz CT molecular complexity index is 249. The van der Waals surface area contributed by atoms with Crippen LogP contribution in [0.1, 0.15) is 38.5 Å². The first-order valence-corrected chi connectivity index (χ1v) is 7.00. The zero-order chi connectivity index (χ0) is 12.1. The predicted octanol–water partition coefficient (Wildman–Crippen LogP) is 0.716. The fourth-order valence-electron chi connectivity index (χ4n) is 2.26. The van der Waals surface area contributed by atoms with E-state index in [0.717, 1.165) is 25.4 Å². The van der Waals surface area contributed by atoms with Gasteiger partial charge in [0.05, 0.1) is 6.54 Å². The van der Waals surface area contributed by atoms with Crippen LogP contribution in [0.15, 0.2) is 0 Å². The van der Waals surface area contributed by atoms with E-state index < -0.39 is 0 Å². The third-order valence-electron chi connectivity index (χ3n) is 3.87. The number of nitrogens with zero attached hydrogens (tertiary/aromatic N) is 1. The number of rotatable bonds is 8. The van der Waals surface area contributed by atoms with Crippen LogP contribution in [0.5, 0.6) is 0 Å². The fourth-order valence-corrected chi connectivity index (χ4v) is 2.26. The molecular formula is C13H25N3O. The average molecular weight is 239 g/mol. The minimum absolute atomic E-state index is 0.195. The van der Waals surface area contributed by atoms with Crippen molar-refractivity contribution in [3.63, 3.8) is 0 Å². The standard InChI is InChI=1S/C13H25N3O/c14-7-2-8-16(12-3-1-4-12)10-13(17)15-9-11-5-6-11/h11-12H,1-10,14H2,(H,15,17). The maximum atomic E-state index is 11.8. The normalized spacial score (nSPS) is 20.4. The smallest absolute Gasteiger partial charge is 0.234 e. The van der Waals surface area contributed by atoms with Crippen LogP contribution in [-0.2, 0) is 4.79 Å². The van der Waals surface area contributed by atoms with Crippen LogP contribution in [-0.4, -0.2) is 43.0 Å². The van der Waals surface area contributed by atoms with Crippen molar-refractivity contribution >= 4 is 5.91 Å². The largest absolute Gasteiger partial charge is 0.355 e. The molecule has 0 unspecified atom stereocenters. The number of carbonyl (C=O) groups is 1. The third-order valence-corrected chi connectivity index (χ3v) is 3.87. The summed E-state index contributed by atoms with van der Waals surface area (Å²) >= 11 is 0. The Morgan fingerprint density at radius 1 is 1.29 bits per heavy atom. The van der Waals surface area contributed by atoms with Crippen molar-refractivity contribution in [1.29, 1.82) is 0 Å². The summed E-state index contributed by atoms with van der Waals surface area (Å²) in [6, 6.07) is 0.633. The highest BCUT2D eigenvalue weighted by Gasteiger charge is 2.27. The molecule has 0 aromatic heterocycles. The molecule has 17 heavy (non-hydrogen) atoms. The van der Waals surface area contributed by atoms with Crippen LogP contribution < -0.4 is 11.1 Å². The minimum Gasteiger partial charge on any atom is -0.355 e. The third kappa shape index (κ3) is 4.28. The lowest BCUT2D eigenvalue weighted by molar-refractivity contribution is -0.123. The van der Waals surface area contributed by atoms with Gasteiger partial charge in [-0.3, -0.25) is 9.69 Å². The minimum atomic E-state index is 0.195. The molecule has 3 N–H and O–H groups in total. The zero-order valence-corrected chi connectivity index (χ0v) is 10.7. The average Bonchev–Trinajstić information content (AvgIpc) is 3.04. The highest BCUT2D eigenvalue weighted by atomic mass is 16.2. The molecule has 2 fully saturated rings. The first-order chi connectivity index (χ1) is 8.29. The molecule has 2 saturated carbocycles. The lowest BCUT2D eigenvalue weighted by Gasteiger charge is -2.37. The van der Waals surface area contributed by atoms with Crippen molar-refractivity contribution in [2.75, 3.05) is 26.2 Å². The van der Waals surface area contributed by atoms with Gasteiger partial charge in [0.15, 0.2) is 0 Å². The maximum absolute atomic E-state index is 11.8. The Morgan fingerprint density at radius 2 is 2.06 bits per heavy atom. The predicted molar refractivity (Wildman–Crippen MR) is 68.6 cm³/mol. The molecular weight excluding hydrogens is 214 g/mol. The molecule has 4 heteroatoms. The van der Waals surface area contributed by atoms with Gasteiger partial charge in [0.25, 0.3) is 0 Å². The van der Waals surface area contributed by atoms with Crippen molar-refractivity contribution in [3.8, 4) is 0 Å². The molecule has 98 valence electrons. The molecule has 1 amide bonds. The Hall–Kier alpha value is -0.610. The fraction of sp³-hybridized carbons (Fsp3) is 0.923. The number of nitrogens with two attached hydrogens (primary N) is 1. The van der Waals surface area contributed by atoms with Crippen molar-refractivity contribution in [2.45, 2.75) is 44.6 Å². The van der Waals surface area contributed by atoms with E-state index in [0.29, 0.717) is 19.1 Å². The monoisotopic (exact) mass is 239 g/mol. The van der Waals surface area contributed by atoms with E-state index >= 15 is 0 Å². The van der Waals surface area contributed by atoms with Gasteiger partial charge in [-0.05, 0) is 44.6 Å². The molecule has 0 aromatic carbocycles. The van der Waals surface area contributed by atoms with E-state index in [9.17, 15) is 4.79 Å². The zero-order valence-electron chi connectivity index (χ0n) is 10.7. The summed E-state index contributed by atoms with van der Waals surface area (Å²) in [5.41, 5.74) is 5.55. The van der Waals surface area contributed by atoms with Gasteiger partial charge in [-0.25, -0.2) is 0 Å². The molecule has 0 heterocycles. The number of nitrogens with one attached hydrogen (secondary N) is 1. The summed E-state index contributed by atoms with van der Waals surface area (Å²) in [6.07, 6.45) is 7.39. The van der Waals surface area contributed by atoms with Gasteiger partial charge in [-0.1, -0.05) is 6.42 Å². The Labute approximate surface area is 104 Å². The molecule has 0 radical (unpaired) electrons. The van der Waals surface area contributed by atoms with Crippen LogP contribution in [0.3, 0.4) is 0 Å². The molecule has 2 rings (SSSR count). The summed E-state index contributed by atoms with van der Waals surface area (Å²) in [7, 11) is 0. The van der Waals surface area contributed by atoms with Crippen LogP contribution in [0.25, 0.3) is 0 Å². The van der Waals surface area contributed by atoms with Gasteiger partial charge >= 0.3 is 0 Å². The highest BCUT2D eigenvalue weighted by molar-refractivity contribution is 5.78. The van der Waals surface area contributed by atoms with E-state index in [-0.39, 0.29) is 5.91 Å². The van der Waals surface area contributed by atoms with Gasteiger partial charge in [-0.15, -0.1) is 0 Å². The second-order valence-electron chi connectivity index (χ2n) is 5.44. The van der Waals surface area contributed by atoms with Crippen LogP contribution in [0.4, 0.5) is 0 Å². The van der Waals surface area contributed by atoms with Crippen LogP contribution in [0.2, 0.25) is 0 Å². The molecule has 2 aliphatic carbocycles. The van der Waals surface area contributed by atoms with Crippen molar-refractivity contribution in [1.82, 2.24) is 10.2 Å². The Balaban J connectivity index is 1.68. The number of hydrogen-bond acceptors (Lipinski definition) is 3. The van der Waals surface area contributed by atoms with Gasteiger partial charge < -0.3 is 11.1 Å². The lowest BCUT2D eigenvalue weighted by Crippen LogP contribution is -2.46. The van der Waals surface area contributed by atoms with Crippen molar-refractivity contribution in [3.05, 3.63) is 0 Å². The topological polar surface area (TPSA) is 58.4 Å². The van der Waals surface area contributed by atoms with Gasteiger partial charge in [0.2, 0.25) is 5.91 Å². The van der Waals surface area contributed by atoms with Crippen LogP contribution in [0, 0.1) is 5.92 Å². The van der Waals surface area contributed by atoms with Crippen LogP contribution >= 0.6 is 0 Å². The van der Waals surface area contributed by atoms with E-state index in [1.165, 1.54) is 32.1 Å². The SMILES string of the molecule is NCCCN(CC(=O)NCC1CC1)C1CCC1. The summed E-state index contributed by atoms with van der Waals surface area (Å²) < 4.78 is 0. The second-order valence-corrected chi connectivity index (χ2v) is 5.44. The molecule has 2 aliphatic rings. The Morgan fingerprint density at radius 3 is 2.59 bits per heavy atom. The van der Waals surface area contributed by atoms with Gasteiger partial charge in [0, 0.05) is 19.1 Å². The second kappa shape index (κ2) is 6.36. The number of hydrogen-bond donors (Lipinski definition) is 2. The summed E-state index contributed by atoms with van der Waals surface area (Å²) in [5, 5.41) is 3.04.